The largest absolute Gasteiger partial charge is 0.481 e. The maximum atomic E-state index is 10.5. The summed E-state index contributed by atoms with van der Waals surface area (Å²) in [6, 6.07) is 8.11. The lowest BCUT2D eigenvalue weighted by atomic mass is 9.94. The van der Waals surface area contributed by atoms with E-state index in [1.165, 1.54) is 5.57 Å². The Morgan fingerprint density at radius 3 is 2.41 bits per heavy atom. The molecule has 0 saturated heterocycles. The van der Waals surface area contributed by atoms with Crippen molar-refractivity contribution in [1.29, 1.82) is 0 Å². The van der Waals surface area contributed by atoms with Crippen molar-refractivity contribution in [3.05, 3.63) is 40.4 Å². The molecule has 2 nitrogen and oxygen atoms in total. The van der Waals surface area contributed by atoms with E-state index in [2.05, 4.69) is 41.9 Å². The first kappa shape index (κ1) is 14.0. The van der Waals surface area contributed by atoms with E-state index in [-0.39, 0.29) is 6.42 Å². The van der Waals surface area contributed by atoms with E-state index in [0.29, 0.717) is 12.3 Å². The lowest BCUT2D eigenvalue weighted by Gasteiger charge is -2.12. The molecule has 0 atom stereocenters. The number of allylic oxidation sites excluding steroid dienone is 2. The first-order valence-electron chi connectivity index (χ1n) is 5.68. The molecule has 0 unspecified atom stereocenters. The fourth-order valence-electron chi connectivity index (χ4n) is 1.68. The molecule has 0 aliphatic heterocycles. The molecule has 92 valence electrons. The van der Waals surface area contributed by atoms with Gasteiger partial charge in [0, 0.05) is 10.9 Å². The minimum absolute atomic E-state index is 0.187. The molecule has 0 fully saturated rings. The highest BCUT2D eigenvalue weighted by molar-refractivity contribution is 9.10. The highest BCUT2D eigenvalue weighted by Gasteiger charge is 2.06. The van der Waals surface area contributed by atoms with Crippen molar-refractivity contribution < 1.29 is 9.90 Å². The minimum Gasteiger partial charge on any atom is -0.481 e. The van der Waals surface area contributed by atoms with Crippen LogP contribution in [0.1, 0.15) is 32.3 Å². The van der Waals surface area contributed by atoms with Gasteiger partial charge in [-0.05, 0) is 35.6 Å². The van der Waals surface area contributed by atoms with Gasteiger partial charge in [0.25, 0.3) is 0 Å². The molecule has 0 aliphatic rings. The Morgan fingerprint density at radius 1 is 1.35 bits per heavy atom. The molecule has 17 heavy (non-hydrogen) atoms. The van der Waals surface area contributed by atoms with Crippen molar-refractivity contribution in [1.82, 2.24) is 0 Å². The number of carboxylic acid groups (broad SMARTS) is 1. The van der Waals surface area contributed by atoms with Crippen LogP contribution in [0.5, 0.6) is 0 Å². The first-order chi connectivity index (χ1) is 8.00. The lowest BCUT2D eigenvalue weighted by Crippen LogP contribution is -1.96. The number of hydrogen-bond donors (Lipinski definition) is 1. The van der Waals surface area contributed by atoms with Gasteiger partial charge >= 0.3 is 5.97 Å². The molecule has 0 radical (unpaired) electrons. The normalized spacial score (nSPS) is 11.9. The van der Waals surface area contributed by atoms with Gasteiger partial charge < -0.3 is 5.11 Å². The molecule has 0 aromatic heterocycles. The number of aliphatic carboxylic acids is 1. The molecule has 0 heterocycles. The number of hydrogen-bond acceptors (Lipinski definition) is 1. The molecule has 1 aromatic carbocycles. The number of carbonyl (C=O) groups is 1. The summed E-state index contributed by atoms with van der Waals surface area (Å²) in [5.41, 5.74) is 2.37. The maximum Gasteiger partial charge on any atom is 0.303 e. The Balaban J connectivity index is 2.85. The van der Waals surface area contributed by atoms with Crippen molar-refractivity contribution in [3.63, 3.8) is 0 Å². The summed E-state index contributed by atoms with van der Waals surface area (Å²) in [6.45, 7) is 4.24. The van der Waals surface area contributed by atoms with E-state index in [4.69, 9.17) is 5.11 Å². The molecule has 0 amide bonds. The number of benzene rings is 1. The zero-order valence-electron chi connectivity index (χ0n) is 10.1. The molecule has 0 bridgehead atoms. The molecule has 0 spiro atoms. The molecule has 3 heteroatoms. The van der Waals surface area contributed by atoms with Crippen molar-refractivity contribution >= 4 is 27.5 Å². The van der Waals surface area contributed by atoms with Crippen LogP contribution in [0.25, 0.3) is 5.57 Å². The zero-order chi connectivity index (χ0) is 12.8. The summed E-state index contributed by atoms with van der Waals surface area (Å²) in [7, 11) is 0. The van der Waals surface area contributed by atoms with Gasteiger partial charge in [-0.25, -0.2) is 0 Å². The van der Waals surface area contributed by atoms with Gasteiger partial charge in [-0.1, -0.05) is 48.0 Å². The van der Waals surface area contributed by atoms with E-state index in [9.17, 15) is 4.79 Å². The summed E-state index contributed by atoms with van der Waals surface area (Å²) in [6.07, 6.45) is 2.80. The van der Waals surface area contributed by atoms with Gasteiger partial charge in [-0.3, -0.25) is 4.79 Å². The monoisotopic (exact) mass is 296 g/mol. The van der Waals surface area contributed by atoms with Gasteiger partial charge in [0.05, 0.1) is 0 Å². The molecular weight excluding hydrogens is 280 g/mol. The predicted octanol–water partition coefficient (Wildman–Crippen LogP) is 4.35. The number of halogens is 1. The standard InChI is InChI=1S/C14H17BrO2/c1-10(2)13(4-3-5-14(16)17)11-6-8-12(15)9-7-11/h4,6-10H,3,5H2,1-2H3,(H,16,17)/b13-4+. The van der Waals surface area contributed by atoms with Crippen molar-refractivity contribution in [2.24, 2.45) is 5.92 Å². The molecule has 1 N–H and O–H groups in total. The van der Waals surface area contributed by atoms with Crippen LogP contribution in [0, 0.1) is 5.92 Å². The van der Waals surface area contributed by atoms with Gasteiger partial charge in [0.1, 0.15) is 0 Å². The van der Waals surface area contributed by atoms with E-state index in [1.54, 1.807) is 0 Å². The third kappa shape index (κ3) is 4.73. The van der Waals surface area contributed by atoms with Gasteiger partial charge in [-0.15, -0.1) is 0 Å². The third-order valence-electron chi connectivity index (χ3n) is 2.52. The second-order valence-corrected chi connectivity index (χ2v) is 5.17. The smallest absolute Gasteiger partial charge is 0.303 e. The highest BCUT2D eigenvalue weighted by Crippen LogP contribution is 2.25. The Labute approximate surface area is 110 Å². The summed E-state index contributed by atoms with van der Waals surface area (Å²) in [5, 5.41) is 8.64. The van der Waals surface area contributed by atoms with E-state index < -0.39 is 5.97 Å². The predicted molar refractivity (Wildman–Crippen MR) is 73.8 cm³/mol. The van der Waals surface area contributed by atoms with Crippen LogP contribution in [-0.2, 0) is 4.79 Å². The summed E-state index contributed by atoms with van der Waals surface area (Å²) >= 11 is 3.41. The molecule has 0 aliphatic carbocycles. The molecular formula is C14H17BrO2. The second kappa shape index (κ2) is 6.60. The van der Waals surface area contributed by atoms with Crippen molar-refractivity contribution in [3.8, 4) is 0 Å². The highest BCUT2D eigenvalue weighted by atomic mass is 79.9. The van der Waals surface area contributed by atoms with Crippen LogP contribution in [0.2, 0.25) is 0 Å². The zero-order valence-corrected chi connectivity index (χ0v) is 11.7. The molecule has 1 rings (SSSR count). The van der Waals surface area contributed by atoms with Crippen LogP contribution in [-0.4, -0.2) is 11.1 Å². The SMILES string of the molecule is CC(C)/C(=C\CCC(=O)O)c1ccc(Br)cc1. The fourth-order valence-corrected chi connectivity index (χ4v) is 1.94. The van der Waals surface area contributed by atoms with Gasteiger partial charge in [0.15, 0.2) is 0 Å². The molecule has 1 aromatic rings. The Morgan fingerprint density at radius 2 is 1.94 bits per heavy atom. The van der Waals surface area contributed by atoms with Gasteiger partial charge in [-0.2, -0.15) is 0 Å². The Kier molecular flexibility index (Phi) is 5.42. The Bertz CT molecular complexity index is 405. The van der Waals surface area contributed by atoms with Crippen molar-refractivity contribution in [2.45, 2.75) is 26.7 Å². The number of rotatable bonds is 5. The van der Waals surface area contributed by atoms with Crippen LogP contribution >= 0.6 is 15.9 Å². The number of carboxylic acids is 1. The summed E-state index contributed by atoms with van der Waals surface area (Å²) < 4.78 is 1.05. The average Bonchev–Trinajstić information content (AvgIpc) is 2.25. The minimum atomic E-state index is -0.750. The van der Waals surface area contributed by atoms with E-state index >= 15 is 0 Å². The molecule has 0 saturated carbocycles. The van der Waals surface area contributed by atoms with E-state index in [1.807, 2.05) is 18.2 Å². The Hall–Kier alpha value is -1.09. The van der Waals surface area contributed by atoms with Crippen LogP contribution < -0.4 is 0 Å². The van der Waals surface area contributed by atoms with Crippen molar-refractivity contribution in [2.75, 3.05) is 0 Å². The topological polar surface area (TPSA) is 37.3 Å². The van der Waals surface area contributed by atoms with Gasteiger partial charge in [0.2, 0.25) is 0 Å². The lowest BCUT2D eigenvalue weighted by molar-refractivity contribution is -0.136. The van der Waals surface area contributed by atoms with E-state index in [0.717, 1.165) is 10.0 Å². The quantitative estimate of drug-likeness (QED) is 0.877. The fraction of sp³-hybridized carbons (Fsp3) is 0.357. The van der Waals surface area contributed by atoms with Crippen LogP contribution in [0.3, 0.4) is 0 Å². The first-order valence-corrected chi connectivity index (χ1v) is 6.47. The average molecular weight is 297 g/mol. The third-order valence-corrected chi connectivity index (χ3v) is 3.05. The van der Waals surface area contributed by atoms with Crippen LogP contribution in [0.15, 0.2) is 34.8 Å². The summed E-state index contributed by atoms with van der Waals surface area (Å²) in [5.74, 6) is -0.356. The summed E-state index contributed by atoms with van der Waals surface area (Å²) in [4.78, 5) is 10.5. The second-order valence-electron chi connectivity index (χ2n) is 4.25. The maximum absolute atomic E-state index is 10.5. The van der Waals surface area contributed by atoms with Crippen LogP contribution in [0.4, 0.5) is 0 Å².